The molecule has 1 aromatic rings. The molecule has 1 aromatic carbocycles. The molecule has 2 heteroatoms. The molecule has 10 heavy (non-hydrogen) atoms. The molecule has 0 spiro atoms. The fourth-order valence-corrected chi connectivity index (χ4v) is 1.06. The van der Waals surface area contributed by atoms with E-state index in [0.717, 1.165) is 17.1 Å². The Labute approximate surface area is 59.1 Å². The van der Waals surface area contributed by atoms with Crippen LogP contribution in [0.2, 0.25) is 0 Å². The van der Waals surface area contributed by atoms with Crippen LogP contribution in [0.25, 0.3) is 0 Å². The number of ether oxygens (including phenoxy) is 1. The van der Waals surface area contributed by atoms with Crippen molar-refractivity contribution in [3.63, 3.8) is 0 Å². The molecule has 0 radical (unpaired) electrons. The molecule has 1 N–H and O–H groups in total. The Morgan fingerprint density at radius 1 is 1.40 bits per heavy atom. The average molecular weight is 136 g/mol. The summed E-state index contributed by atoms with van der Waals surface area (Å²) in [5.41, 5.74) is 1.11. The first-order valence-corrected chi connectivity index (χ1v) is 3.32. The fraction of sp³-hybridized carbons (Fsp3) is 0.250. The SMILES string of the molecule is OCCc1cccc2c1O2. The quantitative estimate of drug-likeness (QED) is 0.631. The van der Waals surface area contributed by atoms with Crippen LogP contribution in [0.1, 0.15) is 5.56 Å². The summed E-state index contributed by atoms with van der Waals surface area (Å²) in [5, 5.41) is 8.61. The zero-order valence-electron chi connectivity index (χ0n) is 5.50. The van der Waals surface area contributed by atoms with Crippen molar-refractivity contribution in [1.29, 1.82) is 0 Å². The predicted molar refractivity (Wildman–Crippen MR) is 37.3 cm³/mol. The molecule has 0 atom stereocenters. The lowest BCUT2D eigenvalue weighted by Gasteiger charge is -1.90. The minimum absolute atomic E-state index is 0.194. The van der Waals surface area contributed by atoms with E-state index in [2.05, 4.69) is 0 Å². The number of aliphatic hydroxyl groups is 1. The number of fused-ring (bicyclic) bond motifs is 1. The first kappa shape index (κ1) is 5.74. The minimum Gasteiger partial charge on any atom is -0.449 e. The lowest BCUT2D eigenvalue weighted by molar-refractivity contribution is 0.299. The summed E-state index contributed by atoms with van der Waals surface area (Å²) in [6.45, 7) is 0.194. The number of para-hydroxylation sites is 1. The maximum Gasteiger partial charge on any atom is 0.173 e. The summed E-state index contributed by atoms with van der Waals surface area (Å²) in [6, 6.07) is 5.84. The van der Waals surface area contributed by atoms with E-state index in [1.54, 1.807) is 0 Å². The zero-order valence-corrected chi connectivity index (χ0v) is 5.50. The second-order valence-corrected chi connectivity index (χ2v) is 2.32. The average Bonchev–Trinajstić information content (AvgIpc) is 2.67. The number of benzene rings is 1. The Morgan fingerprint density at radius 2 is 2.30 bits per heavy atom. The van der Waals surface area contributed by atoms with E-state index in [9.17, 15) is 0 Å². The second kappa shape index (κ2) is 1.99. The first-order chi connectivity index (χ1) is 4.92. The molecule has 0 aliphatic carbocycles. The van der Waals surface area contributed by atoms with Crippen LogP contribution >= 0.6 is 0 Å². The number of aliphatic hydroxyl groups excluding tert-OH is 1. The molecule has 0 fully saturated rings. The van der Waals surface area contributed by atoms with Crippen LogP contribution in [0.5, 0.6) is 11.5 Å². The third-order valence-electron chi connectivity index (χ3n) is 1.61. The molecular formula is C8H8O2. The van der Waals surface area contributed by atoms with Gasteiger partial charge in [-0.25, -0.2) is 0 Å². The molecule has 0 saturated heterocycles. The van der Waals surface area contributed by atoms with Gasteiger partial charge in [0.25, 0.3) is 0 Å². The largest absolute Gasteiger partial charge is 0.449 e. The predicted octanol–water partition coefficient (Wildman–Crippen LogP) is 1.33. The van der Waals surface area contributed by atoms with Crippen LogP contribution in [0.4, 0.5) is 0 Å². The summed E-state index contributed by atoms with van der Waals surface area (Å²) >= 11 is 0. The van der Waals surface area contributed by atoms with Crippen molar-refractivity contribution < 1.29 is 9.84 Å². The van der Waals surface area contributed by atoms with Crippen molar-refractivity contribution in [3.8, 4) is 11.5 Å². The van der Waals surface area contributed by atoms with Gasteiger partial charge >= 0.3 is 0 Å². The standard InChI is InChI=1S/C8H8O2/c9-5-4-6-2-1-3-7-8(6)10-7/h1-3,9H,4-5H2. The van der Waals surface area contributed by atoms with E-state index in [1.807, 2.05) is 18.2 Å². The Balaban J connectivity index is 2.29. The van der Waals surface area contributed by atoms with E-state index in [-0.39, 0.29) is 6.61 Å². The van der Waals surface area contributed by atoms with E-state index in [0.29, 0.717) is 6.42 Å². The number of hydrogen-bond donors (Lipinski definition) is 1. The first-order valence-electron chi connectivity index (χ1n) is 3.32. The van der Waals surface area contributed by atoms with Crippen LogP contribution in [0.3, 0.4) is 0 Å². The van der Waals surface area contributed by atoms with Gasteiger partial charge in [0.15, 0.2) is 11.5 Å². The van der Waals surface area contributed by atoms with Crippen molar-refractivity contribution in [3.05, 3.63) is 23.8 Å². The highest BCUT2D eigenvalue weighted by atomic mass is 16.6. The molecule has 52 valence electrons. The van der Waals surface area contributed by atoms with Crippen molar-refractivity contribution in [2.45, 2.75) is 6.42 Å². The van der Waals surface area contributed by atoms with Crippen molar-refractivity contribution in [1.82, 2.24) is 0 Å². The van der Waals surface area contributed by atoms with Gasteiger partial charge in [-0.1, -0.05) is 12.1 Å². The summed E-state index contributed by atoms with van der Waals surface area (Å²) in [5.74, 6) is 1.93. The Bertz CT molecular complexity index is 255. The monoisotopic (exact) mass is 136 g/mol. The molecule has 1 aliphatic rings. The number of rotatable bonds is 2. The Kier molecular flexibility index (Phi) is 1.14. The highest BCUT2D eigenvalue weighted by Crippen LogP contribution is 2.47. The van der Waals surface area contributed by atoms with Crippen molar-refractivity contribution >= 4 is 0 Å². The molecule has 0 bridgehead atoms. The maximum atomic E-state index is 8.61. The van der Waals surface area contributed by atoms with E-state index >= 15 is 0 Å². The van der Waals surface area contributed by atoms with Gasteiger partial charge < -0.3 is 9.84 Å². The third-order valence-corrected chi connectivity index (χ3v) is 1.61. The van der Waals surface area contributed by atoms with E-state index in [4.69, 9.17) is 9.84 Å². The van der Waals surface area contributed by atoms with Crippen molar-refractivity contribution in [2.24, 2.45) is 0 Å². The van der Waals surface area contributed by atoms with Gasteiger partial charge in [0.2, 0.25) is 0 Å². The molecule has 0 amide bonds. The van der Waals surface area contributed by atoms with Gasteiger partial charge in [0, 0.05) is 12.2 Å². The molecule has 1 aliphatic heterocycles. The molecule has 2 nitrogen and oxygen atoms in total. The highest BCUT2D eigenvalue weighted by Gasteiger charge is 2.22. The summed E-state index contributed by atoms with van der Waals surface area (Å²) in [4.78, 5) is 0. The van der Waals surface area contributed by atoms with Gasteiger partial charge in [-0.3, -0.25) is 0 Å². The van der Waals surface area contributed by atoms with Crippen LogP contribution in [0.15, 0.2) is 18.2 Å². The molecular weight excluding hydrogens is 128 g/mol. The maximum absolute atomic E-state index is 8.61. The van der Waals surface area contributed by atoms with E-state index in [1.165, 1.54) is 0 Å². The van der Waals surface area contributed by atoms with Gasteiger partial charge in [-0.2, -0.15) is 0 Å². The summed E-state index contributed by atoms with van der Waals surface area (Å²) in [6.07, 6.45) is 0.698. The van der Waals surface area contributed by atoms with Gasteiger partial charge in [-0.15, -0.1) is 0 Å². The molecule has 1 heterocycles. The van der Waals surface area contributed by atoms with Crippen LogP contribution in [0, 0.1) is 0 Å². The van der Waals surface area contributed by atoms with Gasteiger partial charge in [0.05, 0.1) is 0 Å². The summed E-state index contributed by atoms with van der Waals surface area (Å²) < 4.78 is 5.11. The second-order valence-electron chi connectivity index (χ2n) is 2.32. The smallest absolute Gasteiger partial charge is 0.173 e. The summed E-state index contributed by atoms with van der Waals surface area (Å²) in [7, 11) is 0. The van der Waals surface area contributed by atoms with Crippen molar-refractivity contribution in [2.75, 3.05) is 6.61 Å². The fourth-order valence-electron chi connectivity index (χ4n) is 1.06. The number of hydrogen-bond acceptors (Lipinski definition) is 2. The Hall–Kier alpha value is -1.02. The third kappa shape index (κ3) is 0.772. The van der Waals surface area contributed by atoms with Crippen LogP contribution in [-0.4, -0.2) is 11.7 Å². The molecule has 0 unspecified atom stereocenters. The minimum atomic E-state index is 0.194. The zero-order chi connectivity index (χ0) is 6.97. The Morgan fingerprint density at radius 3 is 3.10 bits per heavy atom. The van der Waals surface area contributed by atoms with Crippen LogP contribution in [-0.2, 0) is 6.42 Å². The molecule has 0 aromatic heterocycles. The lowest BCUT2D eigenvalue weighted by Crippen LogP contribution is -1.86. The topological polar surface area (TPSA) is 32.8 Å². The molecule has 2 rings (SSSR count). The van der Waals surface area contributed by atoms with E-state index < -0.39 is 0 Å². The molecule has 0 saturated carbocycles. The highest BCUT2D eigenvalue weighted by molar-refractivity contribution is 5.59. The lowest BCUT2D eigenvalue weighted by atomic mass is 10.2. The van der Waals surface area contributed by atoms with Crippen LogP contribution < -0.4 is 4.74 Å². The van der Waals surface area contributed by atoms with Gasteiger partial charge in [-0.05, 0) is 12.5 Å². The van der Waals surface area contributed by atoms with Gasteiger partial charge in [0.1, 0.15) is 0 Å². The normalized spacial score (nSPS) is 12.1.